The van der Waals surface area contributed by atoms with E-state index in [9.17, 15) is 13.2 Å². The average Bonchev–Trinajstić information content (AvgIpc) is 2.52. The van der Waals surface area contributed by atoms with Crippen LogP contribution in [0.5, 0.6) is 0 Å². The highest BCUT2D eigenvalue weighted by atomic mass is 32.2. The molecule has 1 aromatic carbocycles. The second-order valence-electron chi connectivity index (χ2n) is 6.50. The van der Waals surface area contributed by atoms with Gasteiger partial charge in [-0.05, 0) is 38.7 Å². The van der Waals surface area contributed by atoms with Gasteiger partial charge in [0.15, 0.2) is 0 Å². The predicted octanol–water partition coefficient (Wildman–Crippen LogP) is 2.32. The average molecular weight is 352 g/mol. The number of sulfonamides is 1. The first-order valence-electron chi connectivity index (χ1n) is 7.80. The van der Waals surface area contributed by atoms with Crippen LogP contribution >= 0.6 is 0 Å². The third kappa shape index (κ3) is 8.09. The van der Waals surface area contributed by atoms with Gasteiger partial charge in [-0.15, -0.1) is 0 Å². The Morgan fingerprint density at radius 2 is 1.96 bits per heavy atom. The van der Waals surface area contributed by atoms with Crippen molar-refractivity contribution in [1.29, 1.82) is 5.26 Å². The summed E-state index contributed by atoms with van der Waals surface area (Å²) in [7, 11) is -3.59. The summed E-state index contributed by atoms with van der Waals surface area (Å²) in [5.74, 6) is -1.12. The molecule has 0 saturated heterocycles. The fourth-order valence-corrected chi connectivity index (χ4v) is 3.76. The van der Waals surface area contributed by atoms with Crippen LogP contribution in [0, 0.1) is 16.7 Å². The van der Waals surface area contributed by atoms with E-state index in [0.29, 0.717) is 6.42 Å². The highest BCUT2D eigenvalue weighted by molar-refractivity contribution is 7.89. The third-order valence-electron chi connectivity index (χ3n) is 3.68. The zero-order valence-corrected chi connectivity index (χ0v) is 14.8. The fraction of sp³-hybridized carbons (Fsp3) is 0.529. The minimum atomic E-state index is -3.59. The summed E-state index contributed by atoms with van der Waals surface area (Å²) < 4.78 is 27.1. The number of hydrogen-bond acceptors (Lipinski definition) is 4. The molecule has 1 unspecified atom stereocenters. The van der Waals surface area contributed by atoms with Gasteiger partial charge in [0.25, 0.3) is 0 Å². The van der Waals surface area contributed by atoms with Crippen molar-refractivity contribution in [3.63, 3.8) is 0 Å². The summed E-state index contributed by atoms with van der Waals surface area (Å²) in [6, 6.07) is 10.9. The Labute approximate surface area is 143 Å². The minimum absolute atomic E-state index is 0.107. The van der Waals surface area contributed by atoms with Gasteiger partial charge in [0, 0.05) is 12.5 Å². The first-order valence-corrected chi connectivity index (χ1v) is 9.46. The SMILES string of the molecule is CC(C)(C#N)CCS(=O)(=O)NC(CCC(=O)O)Cc1ccccc1. The maximum atomic E-state index is 12.3. The molecule has 0 aliphatic carbocycles. The molecule has 0 aliphatic rings. The third-order valence-corrected chi connectivity index (χ3v) is 5.11. The first kappa shape index (κ1) is 20.1. The summed E-state index contributed by atoms with van der Waals surface area (Å²) in [6.45, 7) is 3.38. The van der Waals surface area contributed by atoms with E-state index in [-0.39, 0.29) is 25.0 Å². The van der Waals surface area contributed by atoms with E-state index in [1.165, 1.54) is 0 Å². The largest absolute Gasteiger partial charge is 0.481 e. The smallest absolute Gasteiger partial charge is 0.303 e. The van der Waals surface area contributed by atoms with Crippen molar-refractivity contribution in [2.24, 2.45) is 5.41 Å². The van der Waals surface area contributed by atoms with Crippen molar-refractivity contribution >= 4 is 16.0 Å². The second kappa shape index (κ2) is 8.81. The summed E-state index contributed by atoms with van der Waals surface area (Å²) in [5, 5.41) is 17.8. The Bertz CT molecular complexity index is 678. The lowest BCUT2D eigenvalue weighted by Crippen LogP contribution is -2.39. The number of nitrogens with zero attached hydrogens (tertiary/aromatic N) is 1. The van der Waals surface area contributed by atoms with Crippen molar-refractivity contribution in [3.05, 3.63) is 35.9 Å². The van der Waals surface area contributed by atoms with Crippen LogP contribution in [0.2, 0.25) is 0 Å². The lowest BCUT2D eigenvalue weighted by atomic mass is 9.93. The van der Waals surface area contributed by atoms with Gasteiger partial charge in [-0.2, -0.15) is 5.26 Å². The van der Waals surface area contributed by atoms with Crippen LogP contribution in [0.1, 0.15) is 38.7 Å². The molecule has 1 atom stereocenters. The van der Waals surface area contributed by atoms with Crippen molar-refractivity contribution < 1.29 is 18.3 Å². The highest BCUT2D eigenvalue weighted by Gasteiger charge is 2.24. The summed E-state index contributed by atoms with van der Waals surface area (Å²) in [6.07, 6.45) is 0.750. The first-order chi connectivity index (χ1) is 11.1. The number of carbonyl (C=O) groups is 1. The van der Waals surface area contributed by atoms with E-state index >= 15 is 0 Å². The Kier molecular flexibility index (Phi) is 7.39. The summed E-state index contributed by atoms with van der Waals surface area (Å²) in [4.78, 5) is 10.8. The molecule has 0 heterocycles. The molecular formula is C17H24N2O4S. The van der Waals surface area contributed by atoms with E-state index in [2.05, 4.69) is 10.8 Å². The molecule has 1 rings (SSSR count). The Hall–Kier alpha value is -1.91. The fourth-order valence-electron chi connectivity index (χ4n) is 2.16. The Balaban J connectivity index is 2.75. The number of nitrogens with one attached hydrogen (secondary N) is 1. The van der Waals surface area contributed by atoms with Gasteiger partial charge in [0.05, 0.1) is 17.2 Å². The molecule has 0 radical (unpaired) electrons. The zero-order valence-electron chi connectivity index (χ0n) is 14.0. The van der Waals surface area contributed by atoms with Crippen molar-refractivity contribution in [2.45, 2.75) is 45.6 Å². The number of carboxylic acid groups (broad SMARTS) is 1. The molecule has 0 saturated carbocycles. The van der Waals surface area contributed by atoms with E-state index in [1.54, 1.807) is 13.8 Å². The van der Waals surface area contributed by atoms with Crippen molar-refractivity contribution in [3.8, 4) is 6.07 Å². The van der Waals surface area contributed by atoms with Gasteiger partial charge in [-0.3, -0.25) is 4.79 Å². The maximum Gasteiger partial charge on any atom is 0.303 e. The van der Waals surface area contributed by atoms with Gasteiger partial charge in [-0.25, -0.2) is 13.1 Å². The van der Waals surface area contributed by atoms with E-state index in [1.807, 2.05) is 30.3 Å². The molecule has 2 N–H and O–H groups in total. The maximum absolute atomic E-state index is 12.3. The molecule has 1 aromatic rings. The molecule has 0 aromatic heterocycles. The molecule has 0 amide bonds. The van der Waals surface area contributed by atoms with Crippen molar-refractivity contribution in [2.75, 3.05) is 5.75 Å². The molecular weight excluding hydrogens is 328 g/mol. The van der Waals surface area contributed by atoms with Gasteiger partial charge in [0.2, 0.25) is 10.0 Å². The molecule has 0 bridgehead atoms. The van der Waals surface area contributed by atoms with Crippen LogP contribution in [0.4, 0.5) is 0 Å². The molecule has 132 valence electrons. The minimum Gasteiger partial charge on any atom is -0.481 e. The molecule has 7 heteroatoms. The standard InChI is InChI=1S/C17H24N2O4S/c1-17(2,13-18)10-11-24(22,23)19-15(8-9-16(20)21)12-14-6-4-3-5-7-14/h3-7,15,19H,8-12H2,1-2H3,(H,20,21). The molecule has 0 aliphatic heterocycles. The summed E-state index contributed by atoms with van der Waals surface area (Å²) >= 11 is 0. The molecule has 24 heavy (non-hydrogen) atoms. The van der Waals surface area contributed by atoms with Crippen LogP contribution in [0.25, 0.3) is 0 Å². The van der Waals surface area contributed by atoms with E-state index < -0.39 is 27.4 Å². The van der Waals surface area contributed by atoms with Crippen LogP contribution in [0.15, 0.2) is 30.3 Å². The number of nitriles is 1. The number of hydrogen-bond donors (Lipinski definition) is 2. The van der Waals surface area contributed by atoms with Crippen LogP contribution < -0.4 is 4.72 Å². The zero-order chi connectivity index (χ0) is 18.2. The van der Waals surface area contributed by atoms with Crippen molar-refractivity contribution in [1.82, 2.24) is 4.72 Å². The molecule has 6 nitrogen and oxygen atoms in total. The van der Waals surface area contributed by atoms with Gasteiger partial charge >= 0.3 is 5.97 Å². The number of benzene rings is 1. The van der Waals surface area contributed by atoms with Gasteiger partial charge in [0.1, 0.15) is 0 Å². The molecule has 0 fully saturated rings. The number of aliphatic carboxylic acids is 1. The lowest BCUT2D eigenvalue weighted by molar-refractivity contribution is -0.137. The Morgan fingerprint density at radius 1 is 1.33 bits per heavy atom. The van der Waals surface area contributed by atoms with E-state index in [4.69, 9.17) is 10.4 Å². The quantitative estimate of drug-likeness (QED) is 0.672. The lowest BCUT2D eigenvalue weighted by Gasteiger charge is -2.20. The number of carboxylic acids is 1. The molecule has 0 spiro atoms. The summed E-state index contributed by atoms with van der Waals surface area (Å²) in [5.41, 5.74) is 0.220. The predicted molar refractivity (Wildman–Crippen MR) is 91.7 cm³/mol. The normalized spacial score (nSPS) is 13.2. The van der Waals surface area contributed by atoms with Gasteiger partial charge < -0.3 is 5.11 Å². The number of rotatable bonds is 10. The Morgan fingerprint density at radius 3 is 2.50 bits per heavy atom. The highest BCUT2D eigenvalue weighted by Crippen LogP contribution is 2.19. The van der Waals surface area contributed by atoms with E-state index in [0.717, 1.165) is 5.56 Å². The van der Waals surface area contributed by atoms with Crippen LogP contribution in [-0.2, 0) is 21.2 Å². The monoisotopic (exact) mass is 352 g/mol. The second-order valence-corrected chi connectivity index (χ2v) is 8.37. The van der Waals surface area contributed by atoms with Gasteiger partial charge in [-0.1, -0.05) is 30.3 Å². The van der Waals surface area contributed by atoms with Crippen LogP contribution in [0.3, 0.4) is 0 Å². The topological polar surface area (TPSA) is 107 Å². The van der Waals surface area contributed by atoms with Crippen LogP contribution in [-0.4, -0.2) is 31.3 Å².